The zero-order chi connectivity index (χ0) is 52.2. The quantitative estimate of drug-likeness (QED) is 0.0261. The maximum atomic E-state index is 12.9. The highest BCUT2D eigenvalue weighted by atomic mass is 16.6. The molecule has 0 heterocycles. The van der Waals surface area contributed by atoms with E-state index >= 15 is 0 Å². The highest BCUT2D eigenvalue weighted by Gasteiger charge is 2.19. The van der Waals surface area contributed by atoms with Gasteiger partial charge >= 0.3 is 17.9 Å². The summed E-state index contributed by atoms with van der Waals surface area (Å²) in [6, 6.07) is 0. The lowest BCUT2D eigenvalue weighted by Gasteiger charge is -2.18. The minimum absolute atomic E-state index is 0.0825. The van der Waals surface area contributed by atoms with Gasteiger partial charge in [0.15, 0.2) is 6.10 Å². The largest absolute Gasteiger partial charge is 0.462 e. The van der Waals surface area contributed by atoms with E-state index in [9.17, 15) is 14.4 Å². The highest BCUT2D eigenvalue weighted by molar-refractivity contribution is 5.71. The lowest BCUT2D eigenvalue weighted by atomic mass is 10.0. The van der Waals surface area contributed by atoms with E-state index in [2.05, 4.69) is 81.5 Å². The van der Waals surface area contributed by atoms with Crippen LogP contribution < -0.4 is 0 Å². The van der Waals surface area contributed by atoms with E-state index < -0.39 is 6.10 Å². The van der Waals surface area contributed by atoms with E-state index in [1.54, 1.807) is 0 Å². The van der Waals surface area contributed by atoms with Crippen molar-refractivity contribution in [3.63, 3.8) is 0 Å². The Kier molecular flexibility index (Phi) is 58.2. The first kappa shape index (κ1) is 69.1. The second kappa shape index (κ2) is 60.7. The van der Waals surface area contributed by atoms with Crippen LogP contribution >= 0.6 is 0 Å². The van der Waals surface area contributed by atoms with Crippen LogP contribution in [-0.4, -0.2) is 37.2 Å². The van der Waals surface area contributed by atoms with Crippen molar-refractivity contribution in [3.05, 3.63) is 60.8 Å². The van der Waals surface area contributed by atoms with Crippen LogP contribution in [-0.2, 0) is 28.6 Å². The lowest BCUT2D eigenvalue weighted by Crippen LogP contribution is -2.30. The molecule has 0 saturated heterocycles. The predicted octanol–water partition coefficient (Wildman–Crippen LogP) is 21.2. The zero-order valence-electron chi connectivity index (χ0n) is 47.9. The summed E-state index contributed by atoms with van der Waals surface area (Å²) in [5.41, 5.74) is 0. The van der Waals surface area contributed by atoms with Gasteiger partial charge in [-0.2, -0.15) is 0 Å². The van der Waals surface area contributed by atoms with Gasteiger partial charge in [-0.15, -0.1) is 0 Å². The Morgan fingerprint density at radius 1 is 0.292 bits per heavy atom. The minimum atomic E-state index is -0.788. The highest BCUT2D eigenvalue weighted by Crippen LogP contribution is 2.17. The van der Waals surface area contributed by atoms with E-state index in [0.29, 0.717) is 19.3 Å². The standard InChI is InChI=1S/C66H118O6/c1-4-7-10-13-16-19-22-25-28-31-32-33-36-38-41-44-47-50-53-56-59-65(68)71-62-63(72-66(69)60-57-54-51-48-45-42-39-35-30-27-24-21-18-15-12-9-6-3)61-70-64(67)58-55-52-49-46-43-40-37-34-29-26-23-20-17-14-11-8-5-2/h9,12,18,21,26-27,29-30,39,42,63H,4-8,10-11,13-17,19-20,22-25,28,31-38,40-41,43-62H2,1-3H3/b12-9-,21-18-,29-26-,30-27-,42-39-. The average Bonchev–Trinajstić information content (AvgIpc) is 3.38. The molecule has 0 aliphatic rings. The Morgan fingerprint density at radius 3 is 0.861 bits per heavy atom. The molecule has 0 N–H and O–H groups in total. The number of carbonyl (C=O) groups is 3. The van der Waals surface area contributed by atoms with Crippen molar-refractivity contribution >= 4 is 17.9 Å². The third kappa shape index (κ3) is 58.0. The Hall–Kier alpha value is -2.89. The Labute approximate surface area is 447 Å². The molecule has 0 aromatic rings. The first-order valence-corrected chi connectivity index (χ1v) is 31.3. The van der Waals surface area contributed by atoms with Crippen LogP contribution in [0.5, 0.6) is 0 Å². The van der Waals surface area contributed by atoms with Crippen molar-refractivity contribution in [1.29, 1.82) is 0 Å². The fourth-order valence-electron chi connectivity index (χ4n) is 9.08. The molecule has 0 fully saturated rings. The van der Waals surface area contributed by atoms with Crippen LogP contribution in [0.4, 0.5) is 0 Å². The van der Waals surface area contributed by atoms with Gasteiger partial charge in [0.25, 0.3) is 0 Å². The number of hydrogen-bond acceptors (Lipinski definition) is 6. The molecular formula is C66H118O6. The van der Waals surface area contributed by atoms with E-state index in [1.165, 1.54) is 186 Å². The molecule has 0 saturated carbocycles. The molecule has 418 valence electrons. The third-order valence-electron chi connectivity index (χ3n) is 13.8. The van der Waals surface area contributed by atoms with Crippen molar-refractivity contribution in [2.24, 2.45) is 0 Å². The molecule has 0 aliphatic heterocycles. The van der Waals surface area contributed by atoms with Crippen LogP contribution in [0.15, 0.2) is 60.8 Å². The molecule has 0 rings (SSSR count). The third-order valence-corrected chi connectivity index (χ3v) is 13.8. The summed E-state index contributed by atoms with van der Waals surface area (Å²) in [6.45, 7) is 6.55. The molecule has 6 nitrogen and oxygen atoms in total. The van der Waals surface area contributed by atoms with Gasteiger partial charge < -0.3 is 14.2 Å². The molecule has 0 bridgehead atoms. The molecule has 0 aliphatic carbocycles. The number of esters is 3. The Bertz CT molecular complexity index is 1290. The topological polar surface area (TPSA) is 78.9 Å². The van der Waals surface area contributed by atoms with Crippen molar-refractivity contribution < 1.29 is 28.6 Å². The summed E-state index contributed by atoms with van der Waals surface area (Å²) in [7, 11) is 0. The maximum Gasteiger partial charge on any atom is 0.306 e. The van der Waals surface area contributed by atoms with E-state index in [1.807, 2.05) is 0 Å². The van der Waals surface area contributed by atoms with Crippen molar-refractivity contribution in [2.75, 3.05) is 13.2 Å². The summed E-state index contributed by atoms with van der Waals surface area (Å²) in [4.78, 5) is 38.3. The van der Waals surface area contributed by atoms with Gasteiger partial charge in [-0.3, -0.25) is 14.4 Å². The number of unbranched alkanes of at least 4 members (excludes halogenated alkanes) is 36. The van der Waals surface area contributed by atoms with Crippen molar-refractivity contribution in [2.45, 2.75) is 329 Å². The fraction of sp³-hybridized carbons (Fsp3) is 0.803. The number of carbonyl (C=O) groups excluding carboxylic acids is 3. The molecule has 72 heavy (non-hydrogen) atoms. The minimum Gasteiger partial charge on any atom is -0.462 e. The van der Waals surface area contributed by atoms with E-state index in [4.69, 9.17) is 14.2 Å². The molecule has 1 atom stereocenters. The first-order chi connectivity index (χ1) is 35.5. The van der Waals surface area contributed by atoms with Crippen LogP contribution in [0.1, 0.15) is 323 Å². The molecular weight excluding hydrogens is 889 g/mol. The summed E-state index contributed by atoms with van der Waals surface area (Å²) in [5.74, 6) is -0.893. The zero-order valence-corrected chi connectivity index (χ0v) is 47.9. The van der Waals surface area contributed by atoms with Crippen molar-refractivity contribution in [3.8, 4) is 0 Å². The van der Waals surface area contributed by atoms with Crippen LogP contribution in [0.25, 0.3) is 0 Å². The number of allylic oxidation sites excluding steroid dienone is 10. The van der Waals surface area contributed by atoms with E-state index in [-0.39, 0.29) is 31.1 Å². The second-order valence-corrected chi connectivity index (χ2v) is 20.9. The second-order valence-electron chi connectivity index (χ2n) is 20.9. The summed E-state index contributed by atoms with van der Waals surface area (Å²) < 4.78 is 16.9. The van der Waals surface area contributed by atoms with Gasteiger partial charge in [-0.1, -0.05) is 281 Å². The molecule has 0 spiro atoms. The molecule has 1 unspecified atom stereocenters. The summed E-state index contributed by atoms with van der Waals surface area (Å²) in [6.07, 6.45) is 76.5. The van der Waals surface area contributed by atoms with Crippen LogP contribution in [0, 0.1) is 0 Å². The van der Waals surface area contributed by atoms with Crippen LogP contribution in [0.2, 0.25) is 0 Å². The van der Waals surface area contributed by atoms with E-state index in [0.717, 1.165) is 96.3 Å². The van der Waals surface area contributed by atoms with Gasteiger partial charge in [-0.05, 0) is 83.5 Å². The van der Waals surface area contributed by atoms with Crippen LogP contribution in [0.3, 0.4) is 0 Å². The summed E-state index contributed by atoms with van der Waals surface area (Å²) in [5, 5.41) is 0. The Morgan fingerprint density at radius 2 is 0.542 bits per heavy atom. The number of hydrogen-bond donors (Lipinski definition) is 0. The average molecular weight is 1010 g/mol. The maximum absolute atomic E-state index is 12.9. The Balaban J connectivity index is 4.37. The SMILES string of the molecule is CC/C=C\C/C=C\C/C=C\C/C=C\CCCCCCC(=O)OC(COC(=O)CCCCCCCCC/C=C\CCCCCCCC)COC(=O)CCCCCCCCCCCCCCCCCCCCCC. The summed E-state index contributed by atoms with van der Waals surface area (Å²) >= 11 is 0. The normalized spacial score (nSPS) is 12.4. The first-order valence-electron chi connectivity index (χ1n) is 31.3. The predicted molar refractivity (Wildman–Crippen MR) is 312 cm³/mol. The van der Waals surface area contributed by atoms with Gasteiger partial charge in [-0.25, -0.2) is 0 Å². The molecule has 6 heteroatoms. The van der Waals surface area contributed by atoms with Gasteiger partial charge in [0.2, 0.25) is 0 Å². The van der Waals surface area contributed by atoms with Crippen molar-refractivity contribution in [1.82, 2.24) is 0 Å². The molecule has 0 aromatic carbocycles. The monoisotopic (exact) mass is 1010 g/mol. The smallest absolute Gasteiger partial charge is 0.306 e. The lowest BCUT2D eigenvalue weighted by molar-refractivity contribution is -0.167. The van der Waals surface area contributed by atoms with Gasteiger partial charge in [0, 0.05) is 19.3 Å². The fourth-order valence-corrected chi connectivity index (χ4v) is 9.08. The number of ether oxygens (including phenoxy) is 3. The van der Waals surface area contributed by atoms with Gasteiger partial charge in [0.1, 0.15) is 13.2 Å². The molecule has 0 radical (unpaired) electrons. The number of rotatable bonds is 57. The molecule has 0 amide bonds. The molecule has 0 aromatic heterocycles. The van der Waals surface area contributed by atoms with Gasteiger partial charge in [0.05, 0.1) is 0 Å².